The lowest BCUT2D eigenvalue weighted by Gasteiger charge is -2.40. The van der Waals surface area contributed by atoms with Crippen molar-refractivity contribution in [2.24, 2.45) is 5.92 Å². The summed E-state index contributed by atoms with van der Waals surface area (Å²) in [6.07, 6.45) is 0.557. The van der Waals surface area contributed by atoms with Crippen molar-refractivity contribution in [3.05, 3.63) is 0 Å². The molecule has 0 aliphatic carbocycles. The minimum Gasteiger partial charge on any atom is -0.354 e. The lowest BCUT2D eigenvalue weighted by Crippen LogP contribution is -2.54. The van der Waals surface area contributed by atoms with Crippen LogP contribution in [0.3, 0.4) is 0 Å². The van der Waals surface area contributed by atoms with Gasteiger partial charge in [0.25, 0.3) is 0 Å². The summed E-state index contributed by atoms with van der Waals surface area (Å²) < 4.78 is 0. The molecule has 5 nitrogen and oxygen atoms in total. The van der Waals surface area contributed by atoms with E-state index in [2.05, 4.69) is 55.2 Å². The van der Waals surface area contributed by atoms with E-state index in [1.54, 1.807) is 0 Å². The van der Waals surface area contributed by atoms with Gasteiger partial charge in [-0.3, -0.25) is 9.69 Å². The molecule has 0 radical (unpaired) electrons. The highest BCUT2D eigenvalue weighted by Crippen LogP contribution is 2.12. The van der Waals surface area contributed by atoms with Crippen molar-refractivity contribution in [2.75, 3.05) is 46.3 Å². The third-order valence-corrected chi connectivity index (χ3v) is 4.33. The van der Waals surface area contributed by atoms with Gasteiger partial charge in [0.15, 0.2) is 0 Å². The Kier molecular flexibility index (Phi) is 8.22. The highest BCUT2D eigenvalue weighted by atomic mass is 16.1. The van der Waals surface area contributed by atoms with Gasteiger partial charge in [0, 0.05) is 51.2 Å². The van der Waals surface area contributed by atoms with E-state index in [4.69, 9.17) is 0 Å². The lowest BCUT2D eigenvalue weighted by molar-refractivity contribution is -0.121. The van der Waals surface area contributed by atoms with Crippen LogP contribution < -0.4 is 10.6 Å². The number of hydrogen-bond acceptors (Lipinski definition) is 4. The van der Waals surface area contributed by atoms with E-state index >= 15 is 0 Å². The van der Waals surface area contributed by atoms with Crippen LogP contribution >= 0.6 is 0 Å². The Hall–Kier alpha value is -0.650. The first-order valence-corrected chi connectivity index (χ1v) is 8.36. The molecule has 1 saturated heterocycles. The largest absolute Gasteiger partial charge is 0.354 e. The Morgan fingerprint density at radius 1 is 1.14 bits per heavy atom. The standard InChI is InChI=1S/C16H34N4O/c1-6-17-14(4)11-16(21)18-12-15(13(2)3)20-9-7-19(5)8-10-20/h13-15,17H,6-12H2,1-5H3,(H,18,21). The number of piperazine rings is 1. The van der Waals surface area contributed by atoms with E-state index in [0.29, 0.717) is 18.4 Å². The molecule has 2 unspecified atom stereocenters. The van der Waals surface area contributed by atoms with Crippen molar-refractivity contribution >= 4 is 5.91 Å². The summed E-state index contributed by atoms with van der Waals surface area (Å²) in [6, 6.07) is 0.688. The Balaban J connectivity index is 2.39. The van der Waals surface area contributed by atoms with Gasteiger partial charge in [0.2, 0.25) is 5.91 Å². The average molecular weight is 298 g/mol. The van der Waals surface area contributed by atoms with Crippen LogP contribution in [0.5, 0.6) is 0 Å². The summed E-state index contributed by atoms with van der Waals surface area (Å²) in [5.74, 6) is 0.711. The van der Waals surface area contributed by atoms with Crippen molar-refractivity contribution in [1.29, 1.82) is 0 Å². The monoisotopic (exact) mass is 298 g/mol. The molecule has 1 heterocycles. The number of nitrogens with one attached hydrogen (secondary N) is 2. The number of carbonyl (C=O) groups is 1. The smallest absolute Gasteiger partial charge is 0.221 e. The van der Waals surface area contributed by atoms with Crippen LogP contribution in [0, 0.1) is 5.92 Å². The molecule has 1 fully saturated rings. The number of hydrogen-bond donors (Lipinski definition) is 2. The molecule has 1 amide bonds. The van der Waals surface area contributed by atoms with Crippen LogP contribution in [0.4, 0.5) is 0 Å². The van der Waals surface area contributed by atoms with Crippen molar-refractivity contribution in [2.45, 2.75) is 46.2 Å². The lowest BCUT2D eigenvalue weighted by atomic mass is 10.0. The van der Waals surface area contributed by atoms with Crippen molar-refractivity contribution in [3.63, 3.8) is 0 Å². The fourth-order valence-corrected chi connectivity index (χ4v) is 2.93. The molecule has 0 aromatic rings. The first kappa shape index (κ1) is 18.4. The Morgan fingerprint density at radius 2 is 1.76 bits per heavy atom. The van der Waals surface area contributed by atoms with Gasteiger partial charge in [0.05, 0.1) is 0 Å². The van der Waals surface area contributed by atoms with E-state index in [1.165, 1.54) is 0 Å². The molecule has 1 aliphatic rings. The Morgan fingerprint density at radius 3 is 2.29 bits per heavy atom. The predicted octanol–water partition coefficient (Wildman–Crippen LogP) is 0.763. The first-order valence-electron chi connectivity index (χ1n) is 8.36. The minimum absolute atomic E-state index is 0.156. The summed E-state index contributed by atoms with van der Waals surface area (Å²) >= 11 is 0. The third-order valence-electron chi connectivity index (χ3n) is 4.33. The van der Waals surface area contributed by atoms with Gasteiger partial charge in [-0.2, -0.15) is 0 Å². The molecular weight excluding hydrogens is 264 g/mol. The van der Waals surface area contributed by atoms with Gasteiger partial charge < -0.3 is 15.5 Å². The highest BCUT2D eigenvalue weighted by Gasteiger charge is 2.25. The second-order valence-electron chi connectivity index (χ2n) is 6.62. The maximum Gasteiger partial charge on any atom is 0.221 e. The zero-order valence-corrected chi connectivity index (χ0v) is 14.5. The number of nitrogens with zero attached hydrogens (tertiary/aromatic N) is 2. The molecule has 2 atom stereocenters. The SMILES string of the molecule is CCNC(C)CC(=O)NCC(C(C)C)N1CCN(C)CC1. The maximum atomic E-state index is 12.0. The Bertz CT molecular complexity index is 301. The normalized spacial score (nSPS) is 20.5. The number of likely N-dealkylation sites (N-methyl/N-ethyl adjacent to an activating group) is 1. The fraction of sp³-hybridized carbons (Fsp3) is 0.938. The highest BCUT2D eigenvalue weighted by molar-refractivity contribution is 5.76. The summed E-state index contributed by atoms with van der Waals surface area (Å²) in [6.45, 7) is 14.7. The second-order valence-corrected chi connectivity index (χ2v) is 6.62. The molecule has 0 spiro atoms. The van der Waals surface area contributed by atoms with E-state index < -0.39 is 0 Å². The van der Waals surface area contributed by atoms with E-state index in [1.807, 2.05) is 0 Å². The Labute approximate surface area is 130 Å². The summed E-state index contributed by atoms with van der Waals surface area (Å²) in [4.78, 5) is 16.9. The molecule has 2 N–H and O–H groups in total. The molecule has 0 bridgehead atoms. The van der Waals surface area contributed by atoms with E-state index in [-0.39, 0.29) is 11.9 Å². The van der Waals surface area contributed by atoms with Crippen LogP contribution in [0.15, 0.2) is 0 Å². The quantitative estimate of drug-likeness (QED) is 0.695. The third kappa shape index (κ3) is 6.76. The number of rotatable bonds is 8. The van der Waals surface area contributed by atoms with Crippen LogP contribution in [0.2, 0.25) is 0 Å². The predicted molar refractivity (Wildman–Crippen MR) is 88.5 cm³/mol. The molecule has 0 aromatic carbocycles. The second kappa shape index (κ2) is 9.38. The van der Waals surface area contributed by atoms with E-state index in [0.717, 1.165) is 39.3 Å². The topological polar surface area (TPSA) is 47.6 Å². The van der Waals surface area contributed by atoms with Gasteiger partial charge >= 0.3 is 0 Å². The molecule has 5 heteroatoms. The van der Waals surface area contributed by atoms with Crippen LogP contribution in [0.25, 0.3) is 0 Å². The maximum absolute atomic E-state index is 12.0. The molecule has 0 saturated carbocycles. The van der Waals surface area contributed by atoms with Gasteiger partial charge in [0.1, 0.15) is 0 Å². The molecule has 1 rings (SSSR count). The van der Waals surface area contributed by atoms with Crippen molar-refractivity contribution in [3.8, 4) is 0 Å². The van der Waals surface area contributed by atoms with Gasteiger partial charge in [-0.15, -0.1) is 0 Å². The summed E-state index contributed by atoms with van der Waals surface area (Å²) in [7, 11) is 2.17. The fourth-order valence-electron chi connectivity index (χ4n) is 2.93. The molecule has 0 aromatic heterocycles. The summed E-state index contributed by atoms with van der Waals surface area (Å²) in [5, 5.41) is 6.41. The average Bonchev–Trinajstić information content (AvgIpc) is 2.40. The van der Waals surface area contributed by atoms with E-state index in [9.17, 15) is 4.79 Å². The number of amides is 1. The molecule has 21 heavy (non-hydrogen) atoms. The van der Waals surface area contributed by atoms with Crippen LogP contribution in [-0.2, 0) is 4.79 Å². The van der Waals surface area contributed by atoms with Crippen molar-refractivity contribution in [1.82, 2.24) is 20.4 Å². The van der Waals surface area contributed by atoms with Crippen LogP contribution in [0.1, 0.15) is 34.1 Å². The number of carbonyl (C=O) groups excluding carboxylic acids is 1. The van der Waals surface area contributed by atoms with Crippen LogP contribution in [-0.4, -0.2) is 74.1 Å². The zero-order valence-electron chi connectivity index (χ0n) is 14.5. The molecule has 124 valence electrons. The minimum atomic E-state index is 0.156. The van der Waals surface area contributed by atoms with Crippen molar-refractivity contribution < 1.29 is 4.79 Å². The van der Waals surface area contributed by atoms with Gasteiger partial charge in [-0.05, 0) is 26.4 Å². The van der Waals surface area contributed by atoms with Gasteiger partial charge in [-0.25, -0.2) is 0 Å². The zero-order chi connectivity index (χ0) is 15.8. The molecule has 1 aliphatic heterocycles. The van der Waals surface area contributed by atoms with Gasteiger partial charge in [-0.1, -0.05) is 20.8 Å². The summed E-state index contributed by atoms with van der Waals surface area (Å²) in [5.41, 5.74) is 0. The first-order chi connectivity index (χ1) is 9.93. The molecular formula is C16H34N4O.